The summed E-state index contributed by atoms with van der Waals surface area (Å²) in [5.41, 5.74) is 5.49. The minimum Gasteiger partial charge on any atom is -0.370 e. The molecule has 1 heterocycles. The normalized spacial score (nSPS) is 14.4. The van der Waals surface area contributed by atoms with Crippen molar-refractivity contribution in [2.24, 2.45) is 5.73 Å². The molecule has 1 amide bonds. The van der Waals surface area contributed by atoms with Crippen LogP contribution in [0.3, 0.4) is 0 Å². The highest BCUT2D eigenvalue weighted by Gasteiger charge is 2.23. The predicted octanol–water partition coefficient (Wildman–Crippen LogP) is 1.11. The van der Waals surface area contributed by atoms with Crippen LogP contribution in [0.4, 0.5) is 0 Å². The van der Waals surface area contributed by atoms with Gasteiger partial charge in [-0.1, -0.05) is 6.07 Å². The zero-order valence-electron chi connectivity index (χ0n) is 10.6. The summed E-state index contributed by atoms with van der Waals surface area (Å²) >= 11 is 1.71. The van der Waals surface area contributed by atoms with Crippen LogP contribution in [-0.4, -0.2) is 43.7 Å². The van der Waals surface area contributed by atoms with Crippen molar-refractivity contribution in [3.05, 3.63) is 22.4 Å². The van der Waals surface area contributed by atoms with Crippen LogP contribution in [0.2, 0.25) is 0 Å². The van der Waals surface area contributed by atoms with Gasteiger partial charge < -0.3 is 15.4 Å². The fourth-order valence-electron chi connectivity index (χ4n) is 1.60. The van der Waals surface area contributed by atoms with Crippen LogP contribution in [0, 0.1) is 0 Å². The van der Waals surface area contributed by atoms with E-state index >= 15 is 0 Å². The molecule has 2 N–H and O–H groups in total. The van der Waals surface area contributed by atoms with Crippen LogP contribution < -0.4 is 5.73 Å². The fourth-order valence-corrected chi connectivity index (χ4v) is 2.43. The van der Waals surface area contributed by atoms with Crippen LogP contribution in [0.25, 0.3) is 0 Å². The highest BCUT2D eigenvalue weighted by atomic mass is 32.1. The quantitative estimate of drug-likeness (QED) is 0.829. The van der Waals surface area contributed by atoms with E-state index in [0.717, 1.165) is 6.42 Å². The molecular formula is C12H20N2O2S. The summed E-state index contributed by atoms with van der Waals surface area (Å²) in [6.07, 6.45) is 0.326. The number of carbonyl (C=O) groups is 1. The van der Waals surface area contributed by atoms with Gasteiger partial charge in [-0.05, 0) is 18.4 Å². The van der Waals surface area contributed by atoms with Gasteiger partial charge in [0.15, 0.2) is 0 Å². The summed E-state index contributed by atoms with van der Waals surface area (Å²) in [6, 6.07) is 4.24. The summed E-state index contributed by atoms with van der Waals surface area (Å²) in [7, 11) is 3.30. The van der Waals surface area contributed by atoms with Crippen LogP contribution in [0.1, 0.15) is 11.8 Å². The number of thiophene rings is 1. The van der Waals surface area contributed by atoms with Crippen molar-refractivity contribution >= 4 is 17.2 Å². The highest BCUT2D eigenvalue weighted by molar-refractivity contribution is 7.09. The average Bonchev–Trinajstić information content (AvgIpc) is 2.82. The average molecular weight is 256 g/mol. The maximum absolute atomic E-state index is 12.0. The van der Waals surface area contributed by atoms with E-state index in [1.165, 1.54) is 12.0 Å². The Morgan fingerprint density at radius 2 is 2.35 bits per heavy atom. The Kier molecular flexibility index (Phi) is 5.61. The van der Waals surface area contributed by atoms with Gasteiger partial charge in [0.1, 0.15) is 6.10 Å². The summed E-state index contributed by atoms with van der Waals surface area (Å²) < 4.78 is 5.05. The second-order valence-electron chi connectivity index (χ2n) is 4.04. The molecule has 0 spiro atoms. The fraction of sp³-hybridized carbons (Fsp3) is 0.583. The van der Waals surface area contributed by atoms with E-state index in [0.29, 0.717) is 0 Å². The highest BCUT2D eigenvalue weighted by Crippen LogP contribution is 2.14. The lowest BCUT2D eigenvalue weighted by Crippen LogP contribution is -2.46. The smallest absolute Gasteiger partial charge is 0.252 e. The standard InChI is InChI=1S/C12H20N2O2S/c1-9(7-10-5-4-6-17-10)14(2)12(15)11(8-13)16-3/h4-6,9,11H,7-8,13H2,1-3H3. The number of rotatable bonds is 6. The first-order chi connectivity index (χ1) is 8.10. The first-order valence-corrected chi connectivity index (χ1v) is 6.50. The van der Waals surface area contributed by atoms with E-state index in [-0.39, 0.29) is 18.5 Å². The second-order valence-corrected chi connectivity index (χ2v) is 5.07. The molecule has 0 saturated heterocycles. The van der Waals surface area contributed by atoms with Crippen molar-refractivity contribution in [2.45, 2.75) is 25.5 Å². The van der Waals surface area contributed by atoms with Crippen LogP contribution in [0.15, 0.2) is 17.5 Å². The number of nitrogens with zero attached hydrogens (tertiary/aromatic N) is 1. The van der Waals surface area contributed by atoms with Gasteiger partial charge in [0, 0.05) is 38.0 Å². The number of methoxy groups -OCH3 is 1. The first-order valence-electron chi connectivity index (χ1n) is 5.62. The molecule has 96 valence electrons. The molecule has 2 atom stereocenters. The van der Waals surface area contributed by atoms with E-state index in [4.69, 9.17) is 10.5 Å². The third kappa shape index (κ3) is 3.80. The van der Waals surface area contributed by atoms with Crippen LogP contribution >= 0.6 is 11.3 Å². The third-order valence-electron chi connectivity index (χ3n) is 2.86. The summed E-state index contributed by atoms with van der Waals surface area (Å²) in [5.74, 6) is -0.0564. The molecule has 0 aromatic carbocycles. The van der Waals surface area contributed by atoms with Crippen molar-refractivity contribution in [1.29, 1.82) is 0 Å². The molecule has 2 unspecified atom stereocenters. The number of amides is 1. The molecule has 0 fully saturated rings. The molecule has 0 aliphatic heterocycles. The largest absolute Gasteiger partial charge is 0.370 e. The maximum Gasteiger partial charge on any atom is 0.252 e. The van der Waals surface area contributed by atoms with Gasteiger partial charge in [-0.25, -0.2) is 0 Å². The molecular weight excluding hydrogens is 236 g/mol. The molecule has 1 aromatic heterocycles. The minimum atomic E-state index is -0.536. The molecule has 4 nitrogen and oxygen atoms in total. The zero-order chi connectivity index (χ0) is 12.8. The lowest BCUT2D eigenvalue weighted by Gasteiger charge is -2.27. The van der Waals surface area contributed by atoms with Gasteiger partial charge in [-0.2, -0.15) is 0 Å². The van der Waals surface area contributed by atoms with Gasteiger partial charge in [-0.15, -0.1) is 11.3 Å². The lowest BCUT2D eigenvalue weighted by molar-refractivity contribution is -0.141. The van der Waals surface area contributed by atoms with E-state index < -0.39 is 6.10 Å². The van der Waals surface area contributed by atoms with Crippen molar-refractivity contribution in [3.63, 3.8) is 0 Å². The third-order valence-corrected chi connectivity index (χ3v) is 3.76. The zero-order valence-corrected chi connectivity index (χ0v) is 11.4. The Balaban J connectivity index is 2.56. The second kappa shape index (κ2) is 6.74. The molecule has 17 heavy (non-hydrogen) atoms. The van der Waals surface area contributed by atoms with Gasteiger partial charge in [0.05, 0.1) is 0 Å². The minimum absolute atomic E-state index is 0.0564. The Bertz CT molecular complexity index is 336. The van der Waals surface area contributed by atoms with Crippen LogP contribution in [-0.2, 0) is 16.0 Å². The van der Waals surface area contributed by atoms with Gasteiger partial charge >= 0.3 is 0 Å². The Morgan fingerprint density at radius 3 is 2.82 bits per heavy atom. The maximum atomic E-state index is 12.0. The van der Waals surface area contributed by atoms with E-state index in [1.807, 2.05) is 18.4 Å². The molecule has 1 aromatic rings. The SMILES string of the molecule is COC(CN)C(=O)N(C)C(C)Cc1cccs1. The van der Waals surface area contributed by atoms with Crippen molar-refractivity contribution in [1.82, 2.24) is 4.90 Å². The molecule has 0 radical (unpaired) electrons. The summed E-state index contributed by atoms with van der Waals surface area (Å²) in [6.45, 7) is 2.24. The van der Waals surface area contributed by atoms with E-state index in [2.05, 4.69) is 6.07 Å². The van der Waals surface area contributed by atoms with Gasteiger partial charge in [-0.3, -0.25) is 4.79 Å². The predicted molar refractivity (Wildman–Crippen MR) is 70.1 cm³/mol. The first kappa shape index (κ1) is 14.2. The molecule has 1 rings (SSSR count). The molecule has 0 saturated carbocycles. The van der Waals surface area contributed by atoms with Gasteiger partial charge in [0.25, 0.3) is 5.91 Å². The monoisotopic (exact) mass is 256 g/mol. The number of ether oxygens (including phenoxy) is 1. The van der Waals surface area contributed by atoms with Gasteiger partial charge in [0.2, 0.25) is 0 Å². The molecule has 0 aliphatic carbocycles. The van der Waals surface area contributed by atoms with Crippen molar-refractivity contribution in [2.75, 3.05) is 20.7 Å². The number of hydrogen-bond donors (Lipinski definition) is 1. The Labute approximate surface area is 106 Å². The van der Waals surface area contributed by atoms with E-state index in [1.54, 1.807) is 23.3 Å². The summed E-state index contributed by atoms with van der Waals surface area (Å²) in [5, 5.41) is 2.04. The molecule has 5 heteroatoms. The van der Waals surface area contributed by atoms with Crippen molar-refractivity contribution < 1.29 is 9.53 Å². The Hall–Kier alpha value is -0.910. The molecule has 0 bridgehead atoms. The lowest BCUT2D eigenvalue weighted by atomic mass is 10.1. The molecule has 0 aliphatic rings. The number of likely N-dealkylation sites (N-methyl/N-ethyl adjacent to an activating group) is 1. The topological polar surface area (TPSA) is 55.6 Å². The summed E-state index contributed by atoms with van der Waals surface area (Å²) in [4.78, 5) is 15.0. The van der Waals surface area contributed by atoms with Crippen LogP contribution in [0.5, 0.6) is 0 Å². The number of nitrogens with two attached hydrogens (primary N) is 1. The number of carbonyl (C=O) groups excluding carboxylic acids is 1. The Morgan fingerprint density at radius 1 is 1.65 bits per heavy atom. The van der Waals surface area contributed by atoms with Crippen molar-refractivity contribution in [3.8, 4) is 0 Å². The number of hydrogen-bond acceptors (Lipinski definition) is 4. The van der Waals surface area contributed by atoms with E-state index in [9.17, 15) is 4.79 Å².